The maximum Gasteiger partial charge on any atom is 0.418 e. The Balaban J connectivity index is 1.61. The van der Waals surface area contributed by atoms with Gasteiger partial charge in [-0.15, -0.1) is 0 Å². The number of fused-ring (bicyclic) bond motifs is 1. The second-order valence-electron chi connectivity index (χ2n) is 6.07. The van der Waals surface area contributed by atoms with E-state index in [9.17, 15) is 23.2 Å². The van der Waals surface area contributed by atoms with E-state index in [4.69, 9.17) is 9.47 Å². The Morgan fingerprint density at radius 3 is 2.59 bits per heavy atom. The maximum absolute atomic E-state index is 13.0. The average Bonchev–Trinajstić information content (AvgIpc) is 2.70. The number of nitrogens with zero attached hydrogens (tertiary/aromatic N) is 1. The Morgan fingerprint density at radius 1 is 1.17 bits per heavy atom. The molecule has 0 aromatic heterocycles. The lowest BCUT2D eigenvalue weighted by Crippen LogP contribution is -2.37. The zero-order valence-electron chi connectivity index (χ0n) is 15.0. The smallest absolute Gasteiger partial charge is 0.418 e. The zero-order chi connectivity index (χ0) is 20.9. The molecule has 2 aromatic rings. The number of ether oxygens (including phenoxy) is 2. The molecule has 1 aliphatic rings. The van der Waals surface area contributed by atoms with Gasteiger partial charge in [0.1, 0.15) is 24.4 Å². The fourth-order valence-corrected chi connectivity index (χ4v) is 2.63. The third-order valence-corrected chi connectivity index (χ3v) is 4.01. The van der Waals surface area contributed by atoms with Crippen molar-refractivity contribution >= 4 is 11.6 Å². The van der Waals surface area contributed by atoms with Crippen LogP contribution in [0.5, 0.6) is 11.5 Å². The largest absolute Gasteiger partial charge is 0.486 e. The monoisotopic (exact) mass is 403 g/mol. The quantitative estimate of drug-likeness (QED) is 0.590. The van der Waals surface area contributed by atoms with Crippen molar-refractivity contribution in [1.82, 2.24) is 5.32 Å². The van der Waals surface area contributed by atoms with Gasteiger partial charge in [-0.25, -0.2) is 0 Å². The minimum Gasteiger partial charge on any atom is -0.486 e. The van der Waals surface area contributed by atoms with Gasteiger partial charge >= 0.3 is 6.18 Å². The van der Waals surface area contributed by atoms with Crippen molar-refractivity contribution in [3.8, 4) is 17.6 Å². The summed E-state index contributed by atoms with van der Waals surface area (Å²) in [6.45, 7) is 0.497. The molecule has 1 aliphatic heterocycles. The number of hydrogen-bond donors (Lipinski definition) is 2. The summed E-state index contributed by atoms with van der Waals surface area (Å²) in [4.78, 5) is 12.2. The van der Waals surface area contributed by atoms with Gasteiger partial charge in [0.2, 0.25) is 0 Å². The van der Waals surface area contributed by atoms with Crippen LogP contribution in [0.3, 0.4) is 0 Å². The molecule has 1 atom stereocenters. The summed E-state index contributed by atoms with van der Waals surface area (Å²) in [6, 6.07) is 13.4. The molecule has 1 unspecified atom stereocenters. The van der Waals surface area contributed by atoms with E-state index in [1.165, 1.54) is 12.1 Å². The Bertz CT molecular complexity index is 967. The summed E-state index contributed by atoms with van der Waals surface area (Å²) < 4.78 is 50.4. The third kappa shape index (κ3) is 4.99. The lowest BCUT2D eigenvalue weighted by Gasteiger charge is -2.26. The van der Waals surface area contributed by atoms with E-state index < -0.39 is 23.3 Å². The van der Waals surface area contributed by atoms with Crippen molar-refractivity contribution in [2.45, 2.75) is 12.3 Å². The first-order chi connectivity index (χ1) is 13.9. The number of halogens is 3. The Morgan fingerprint density at radius 2 is 1.86 bits per heavy atom. The maximum atomic E-state index is 13.0. The molecule has 1 amide bonds. The number of carbonyl (C=O) groups is 1. The van der Waals surface area contributed by atoms with Gasteiger partial charge in [-0.3, -0.25) is 4.79 Å². The van der Waals surface area contributed by atoms with Gasteiger partial charge in [0, 0.05) is 6.20 Å². The number of para-hydroxylation sites is 3. The average molecular weight is 403 g/mol. The molecule has 3 rings (SSSR count). The SMILES string of the molecule is N#C/C(=C/NCC1COc2ccccc2O1)C(=O)Nc1ccccc1C(F)(F)F. The molecule has 1 heterocycles. The molecule has 2 aromatic carbocycles. The van der Waals surface area contributed by atoms with E-state index in [-0.39, 0.29) is 24.8 Å². The molecule has 0 bridgehead atoms. The molecule has 0 fully saturated rings. The second kappa shape index (κ2) is 8.56. The zero-order valence-corrected chi connectivity index (χ0v) is 15.0. The number of alkyl halides is 3. The van der Waals surface area contributed by atoms with Crippen molar-refractivity contribution in [1.29, 1.82) is 5.26 Å². The third-order valence-electron chi connectivity index (χ3n) is 4.01. The number of rotatable bonds is 5. The lowest BCUT2D eigenvalue weighted by molar-refractivity contribution is -0.137. The highest BCUT2D eigenvalue weighted by molar-refractivity contribution is 6.06. The van der Waals surface area contributed by atoms with Crippen LogP contribution >= 0.6 is 0 Å². The molecular weight excluding hydrogens is 387 g/mol. The Labute approximate surface area is 164 Å². The molecule has 29 heavy (non-hydrogen) atoms. The van der Waals surface area contributed by atoms with Gasteiger partial charge < -0.3 is 20.1 Å². The predicted octanol–water partition coefficient (Wildman–Crippen LogP) is 3.48. The van der Waals surface area contributed by atoms with Crippen molar-refractivity contribution in [3.05, 3.63) is 65.9 Å². The van der Waals surface area contributed by atoms with Gasteiger partial charge in [-0.1, -0.05) is 24.3 Å². The van der Waals surface area contributed by atoms with E-state index in [1.54, 1.807) is 24.3 Å². The van der Waals surface area contributed by atoms with Crippen LogP contribution in [0.25, 0.3) is 0 Å². The molecule has 150 valence electrons. The van der Waals surface area contributed by atoms with Crippen LogP contribution in [0.1, 0.15) is 5.56 Å². The van der Waals surface area contributed by atoms with E-state index in [0.29, 0.717) is 11.5 Å². The molecule has 6 nitrogen and oxygen atoms in total. The van der Waals surface area contributed by atoms with Crippen LogP contribution in [-0.2, 0) is 11.0 Å². The first-order valence-corrected chi connectivity index (χ1v) is 8.58. The molecule has 0 aliphatic carbocycles. The number of benzene rings is 2. The predicted molar refractivity (Wildman–Crippen MR) is 98.1 cm³/mol. The summed E-state index contributed by atoms with van der Waals surface area (Å²) in [7, 11) is 0. The summed E-state index contributed by atoms with van der Waals surface area (Å²) in [5, 5.41) is 14.1. The van der Waals surface area contributed by atoms with Crippen LogP contribution in [0.4, 0.5) is 18.9 Å². The highest BCUT2D eigenvalue weighted by Crippen LogP contribution is 2.34. The van der Waals surface area contributed by atoms with Gasteiger partial charge in [-0.05, 0) is 24.3 Å². The fraction of sp³-hybridized carbons (Fsp3) is 0.200. The van der Waals surface area contributed by atoms with E-state index in [1.807, 2.05) is 6.07 Å². The molecule has 0 radical (unpaired) electrons. The summed E-state index contributed by atoms with van der Waals surface area (Å²) >= 11 is 0. The topological polar surface area (TPSA) is 83.4 Å². The van der Waals surface area contributed by atoms with Crippen molar-refractivity contribution in [2.24, 2.45) is 0 Å². The number of anilines is 1. The minimum atomic E-state index is -4.63. The van der Waals surface area contributed by atoms with Gasteiger partial charge in [0.25, 0.3) is 5.91 Å². The minimum absolute atomic E-state index is 0.228. The van der Waals surface area contributed by atoms with E-state index >= 15 is 0 Å². The van der Waals surface area contributed by atoms with E-state index in [0.717, 1.165) is 18.3 Å². The number of nitriles is 1. The molecule has 0 spiro atoms. The van der Waals surface area contributed by atoms with Gasteiger partial charge in [0.15, 0.2) is 11.5 Å². The molecule has 0 saturated heterocycles. The normalized spacial score (nSPS) is 15.9. The first-order valence-electron chi connectivity index (χ1n) is 8.58. The van der Waals surface area contributed by atoms with E-state index in [2.05, 4.69) is 10.6 Å². The van der Waals surface area contributed by atoms with Gasteiger partial charge in [-0.2, -0.15) is 18.4 Å². The van der Waals surface area contributed by atoms with Crippen molar-refractivity contribution in [3.63, 3.8) is 0 Å². The molecule has 2 N–H and O–H groups in total. The highest BCUT2D eigenvalue weighted by atomic mass is 19.4. The standard InChI is InChI=1S/C20H16F3N3O3/c21-20(22,23)15-5-1-2-6-16(15)26-19(27)13(9-24)10-25-11-14-12-28-17-7-3-4-8-18(17)29-14/h1-8,10,14,25H,11-12H2,(H,26,27)/b13-10-. The summed E-state index contributed by atoms with van der Waals surface area (Å²) in [6.07, 6.45) is -3.86. The number of carbonyl (C=O) groups excluding carboxylic acids is 1. The van der Waals surface area contributed by atoms with Crippen LogP contribution < -0.4 is 20.1 Å². The van der Waals surface area contributed by atoms with Crippen molar-refractivity contribution in [2.75, 3.05) is 18.5 Å². The van der Waals surface area contributed by atoms with Gasteiger partial charge in [0.05, 0.1) is 17.8 Å². The van der Waals surface area contributed by atoms with Crippen LogP contribution in [0.2, 0.25) is 0 Å². The Hall–Kier alpha value is -3.67. The molecular formula is C20H16F3N3O3. The molecule has 9 heteroatoms. The Kier molecular flexibility index (Phi) is 5.93. The summed E-state index contributed by atoms with van der Waals surface area (Å²) in [5.41, 5.74) is -1.80. The lowest BCUT2D eigenvalue weighted by atomic mass is 10.1. The van der Waals surface area contributed by atoms with Crippen LogP contribution in [-0.4, -0.2) is 25.2 Å². The van der Waals surface area contributed by atoms with Crippen LogP contribution in [0.15, 0.2) is 60.3 Å². The number of amides is 1. The first kappa shape index (κ1) is 20.1. The molecule has 0 saturated carbocycles. The van der Waals surface area contributed by atoms with Crippen LogP contribution in [0, 0.1) is 11.3 Å². The summed E-state index contributed by atoms with van der Waals surface area (Å²) in [5.74, 6) is 0.249. The fourth-order valence-electron chi connectivity index (χ4n) is 2.63. The number of nitrogens with one attached hydrogen (secondary N) is 2. The number of hydrogen-bond acceptors (Lipinski definition) is 5. The van der Waals surface area contributed by atoms with Crippen molar-refractivity contribution < 1.29 is 27.4 Å². The second-order valence-corrected chi connectivity index (χ2v) is 6.07. The highest BCUT2D eigenvalue weighted by Gasteiger charge is 2.33.